The summed E-state index contributed by atoms with van der Waals surface area (Å²) in [6, 6.07) is 14.2. The van der Waals surface area contributed by atoms with Crippen LogP contribution in [0, 0.1) is 11.3 Å². The van der Waals surface area contributed by atoms with Gasteiger partial charge in [-0.2, -0.15) is 10.4 Å². The lowest BCUT2D eigenvalue weighted by molar-refractivity contribution is -0.121. The molecule has 0 heterocycles. The minimum Gasteiger partial charge on any atom is -0.493 e. The molecule has 1 amide bonds. The fourth-order valence-electron chi connectivity index (χ4n) is 2.34. The summed E-state index contributed by atoms with van der Waals surface area (Å²) in [5.41, 5.74) is 3.62. The van der Waals surface area contributed by atoms with Crippen molar-refractivity contribution in [3.05, 3.63) is 53.6 Å². The summed E-state index contributed by atoms with van der Waals surface area (Å²) in [4.78, 5) is 12.2. The fourth-order valence-corrected chi connectivity index (χ4v) is 2.34. The normalized spacial score (nSPS) is 11.5. The van der Waals surface area contributed by atoms with Crippen LogP contribution in [0.1, 0.15) is 17.0 Å². The molecule has 0 fully saturated rings. The molecule has 0 aliphatic carbocycles. The number of nitriles is 1. The number of amides is 1. The maximum Gasteiger partial charge on any atom is 0.261 e. The molecular formula is C19H19N3O4. The van der Waals surface area contributed by atoms with Gasteiger partial charge in [0.05, 0.1) is 33.6 Å². The van der Waals surface area contributed by atoms with Crippen molar-refractivity contribution in [2.45, 2.75) is 5.92 Å². The average molecular weight is 353 g/mol. The van der Waals surface area contributed by atoms with Gasteiger partial charge in [0, 0.05) is 5.56 Å². The van der Waals surface area contributed by atoms with E-state index in [-0.39, 0.29) is 0 Å². The van der Waals surface area contributed by atoms with E-state index in [2.05, 4.69) is 10.5 Å². The van der Waals surface area contributed by atoms with Crippen molar-refractivity contribution >= 4 is 12.1 Å². The van der Waals surface area contributed by atoms with Gasteiger partial charge in [0.25, 0.3) is 5.91 Å². The number of hydrogen-bond donors (Lipinski definition) is 1. The molecule has 0 saturated heterocycles. The van der Waals surface area contributed by atoms with Gasteiger partial charge in [0.1, 0.15) is 0 Å². The van der Waals surface area contributed by atoms with E-state index in [4.69, 9.17) is 14.2 Å². The smallest absolute Gasteiger partial charge is 0.261 e. The highest BCUT2D eigenvalue weighted by Gasteiger charge is 2.19. The van der Waals surface area contributed by atoms with Crippen LogP contribution in [0.5, 0.6) is 17.2 Å². The molecule has 1 N–H and O–H groups in total. The van der Waals surface area contributed by atoms with Gasteiger partial charge < -0.3 is 14.2 Å². The van der Waals surface area contributed by atoms with Crippen LogP contribution in [-0.4, -0.2) is 33.5 Å². The second kappa shape index (κ2) is 9.08. The number of benzene rings is 2. The molecule has 0 aromatic heterocycles. The van der Waals surface area contributed by atoms with Gasteiger partial charge in [-0.1, -0.05) is 30.3 Å². The Bertz CT molecular complexity index is 803. The van der Waals surface area contributed by atoms with E-state index in [9.17, 15) is 10.1 Å². The molecule has 0 spiro atoms. The molecular weight excluding hydrogens is 334 g/mol. The Labute approximate surface area is 151 Å². The summed E-state index contributed by atoms with van der Waals surface area (Å²) in [6.45, 7) is 0. The predicted octanol–water partition coefficient (Wildman–Crippen LogP) is 2.47. The number of nitrogens with one attached hydrogen (secondary N) is 1. The van der Waals surface area contributed by atoms with Crippen LogP contribution in [0.4, 0.5) is 0 Å². The second-order valence-electron chi connectivity index (χ2n) is 5.17. The zero-order valence-electron chi connectivity index (χ0n) is 14.7. The third-order valence-corrected chi connectivity index (χ3v) is 3.60. The maximum atomic E-state index is 12.2. The van der Waals surface area contributed by atoms with Crippen molar-refractivity contribution in [2.75, 3.05) is 21.3 Å². The van der Waals surface area contributed by atoms with E-state index in [1.54, 1.807) is 36.4 Å². The van der Waals surface area contributed by atoms with Crippen LogP contribution in [0.3, 0.4) is 0 Å². The fraction of sp³-hybridized carbons (Fsp3) is 0.211. The summed E-state index contributed by atoms with van der Waals surface area (Å²) in [5, 5.41) is 13.2. The lowest BCUT2D eigenvalue weighted by atomic mass is 10.0. The highest BCUT2D eigenvalue weighted by atomic mass is 16.5. The van der Waals surface area contributed by atoms with E-state index in [0.29, 0.717) is 28.4 Å². The molecule has 2 aromatic rings. The number of nitrogens with zero attached hydrogens (tertiary/aromatic N) is 2. The Morgan fingerprint density at radius 2 is 1.73 bits per heavy atom. The first kappa shape index (κ1) is 18.8. The summed E-state index contributed by atoms with van der Waals surface area (Å²) < 4.78 is 15.8. The molecule has 26 heavy (non-hydrogen) atoms. The van der Waals surface area contributed by atoms with Gasteiger partial charge in [-0.15, -0.1) is 0 Å². The van der Waals surface area contributed by atoms with Crippen LogP contribution >= 0.6 is 0 Å². The summed E-state index contributed by atoms with van der Waals surface area (Å²) in [7, 11) is 4.54. The van der Waals surface area contributed by atoms with Gasteiger partial charge >= 0.3 is 0 Å². The Balaban J connectivity index is 2.15. The molecule has 7 nitrogen and oxygen atoms in total. The number of hydrazone groups is 1. The molecule has 0 aliphatic rings. The zero-order valence-corrected chi connectivity index (χ0v) is 14.7. The van der Waals surface area contributed by atoms with Gasteiger partial charge in [0.15, 0.2) is 17.4 Å². The molecule has 2 rings (SSSR count). The first-order valence-electron chi connectivity index (χ1n) is 7.72. The third kappa shape index (κ3) is 4.30. The lowest BCUT2D eigenvalue weighted by Crippen LogP contribution is -2.24. The Kier molecular flexibility index (Phi) is 6.57. The summed E-state index contributed by atoms with van der Waals surface area (Å²) in [5.74, 6) is -0.0434. The number of ether oxygens (including phenoxy) is 3. The van der Waals surface area contributed by atoms with Gasteiger partial charge in [-0.05, 0) is 17.7 Å². The van der Waals surface area contributed by atoms with Crippen molar-refractivity contribution in [3.63, 3.8) is 0 Å². The lowest BCUT2D eigenvalue weighted by Gasteiger charge is -2.12. The van der Waals surface area contributed by atoms with Crippen LogP contribution in [0.15, 0.2) is 47.6 Å². The van der Waals surface area contributed by atoms with Crippen LogP contribution < -0.4 is 19.6 Å². The van der Waals surface area contributed by atoms with Crippen molar-refractivity contribution in [1.29, 1.82) is 5.26 Å². The third-order valence-electron chi connectivity index (χ3n) is 3.60. The molecule has 0 bridgehead atoms. The first-order valence-corrected chi connectivity index (χ1v) is 7.72. The molecule has 7 heteroatoms. The summed E-state index contributed by atoms with van der Waals surface area (Å²) in [6.07, 6.45) is 1.43. The van der Waals surface area contributed by atoms with Crippen molar-refractivity contribution < 1.29 is 19.0 Å². The van der Waals surface area contributed by atoms with Crippen molar-refractivity contribution in [3.8, 4) is 23.3 Å². The highest BCUT2D eigenvalue weighted by molar-refractivity contribution is 5.88. The van der Waals surface area contributed by atoms with Crippen LogP contribution in [-0.2, 0) is 4.79 Å². The second-order valence-corrected chi connectivity index (χ2v) is 5.17. The number of hydrogen-bond acceptors (Lipinski definition) is 6. The molecule has 134 valence electrons. The van der Waals surface area contributed by atoms with E-state index in [1.807, 2.05) is 12.1 Å². The van der Waals surface area contributed by atoms with E-state index >= 15 is 0 Å². The highest BCUT2D eigenvalue weighted by Crippen LogP contribution is 2.37. The molecule has 0 aliphatic heterocycles. The standard InChI is InChI=1S/C19H19N3O4/c1-24-16-9-13(10-17(25-2)18(16)26-3)12-21-22-19(23)15(11-20)14-7-5-4-6-8-14/h4-10,12,15H,1-3H3,(H,22,23)/b21-12-/t15-/m1/s1. The number of rotatable bonds is 7. The Morgan fingerprint density at radius 3 is 2.23 bits per heavy atom. The quantitative estimate of drug-likeness (QED) is 0.610. The Morgan fingerprint density at radius 1 is 1.12 bits per heavy atom. The molecule has 1 atom stereocenters. The van der Waals surface area contributed by atoms with Crippen molar-refractivity contribution in [2.24, 2.45) is 5.10 Å². The molecule has 0 unspecified atom stereocenters. The summed E-state index contributed by atoms with van der Waals surface area (Å²) >= 11 is 0. The van der Waals surface area contributed by atoms with Crippen molar-refractivity contribution in [1.82, 2.24) is 5.43 Å². The minimum absolute atomic E-state index is 0.463. The predicted molar refractivity (Wildman–Crippen MR) is 96.6 cm³/mol. The van der Waals surface area contributed by atoms with E-state index < -0.39 is 11.8 Å². The number of methoxy groups -OCH3 is 3. The molecule has 0 saturated carbocycles. The zero-order chi connectivity index (χ0) is 18.9. The maximum absolute atomic E-state index is 12.2. The monoisotopic (exact) mass is 353 g/mol. The van der Waals surface area contributed by atoms with E-state index in [0.717, 1.165) is 0 Å². The number of carbonyl (C=O) groups is 1. The van der Waals surface area contributed by atoms with Crippen LogP contribution in [0.25, 0.3) is 0 Å². The van der Waals surface area contributed by atoms with Crippen LogP contribution in [0.2, 0.25) is 0 Å². The SMILES string of the molecule is COc1cc(/C=N\NC(=O)[C@H](C#N)c2ccccc2)cc(OC)c1OC. The van der Waals surface area contributed by atoms with Gasteiger partial charge in [0.2, 0.25) is 5.75 Å². The van der Waals surface area contributed by atoms with E-state index in [1.165, 1.54) is 27.5 Å². The van der Waals surface area contributed by atoms with Gasteiger partial charge in [-0.3, -0.25) is 4.79 Å². The average Bonchev–Trinajstić information content (AvgIpc) is 2.68. The van der Waals surface area contributed by atoms with Gasteiger partial charge in [-0.25, -0.2) is 5.43 Å². The number of carbonyl (C=O) groups excluding carboxylic acids is 1. The largest absolute Gasteiger partial charge is 0.493 e. The molecule has 2 aromatic carbocycles. The molecule has 0 radical (unpaired) electrons. The first-order chi connectivity index (χ1) is 12.6. The minimum atomic E-state index is -0.937. The topological polar surface area (TPSA) is 92.9 Å². The Hall–Kier alpha value is -3.53.